The van der Waals surface area contributed by atoms with Crippen LogP contribution >= 0.6 is 0 Å². The van der Waals surface area contributed by atoms with Crippen LogP contribution in [0.4, 0.5) is 5.69 Å². The summed E-state index contributed by atoms with van der Waals surface area (Å²) in [6.07, 6.45) is 3.65. The van der Waals surface area contributed by atoms with E-state index in [0.717, 1.165) is 29.7 Å². The van der Waals surface area contributed by atoms with E-state index in [0.29, 0.717) is 12.3 Å². The number of nitrogens with two attached hydrogens (primary N) is 1. The first-order valence-electron chi connectivity index (χ1n) is 6.87. The van der Waals surface area contributed by atoms with Crippen LogP contribution in [-0.2, 0) is 6.54 Å². The van der Waals surface area contributed by atoms with E-state index >= 15 is 0 Å². The Kier molecular flexibility index (Phi) is 3.32. The van der Waals surface area contributed by atoms with Crippen molar-refractivity contribution < 1.29 is 9.21 Å². The zero-order valence-corrected chi connectivity index (χ0v) is 11.5. The number of rotatable bonds is 4. The van der Waals surface area contributed by atoms with Crippen molar-refractivity contribution in [2.75, 3.05) is 4.90 Å². The molecule has 1 saturated carbocycles. The van der Waals surface area contributed by atoms with Crippen LogP contribution in [-0.4, -0.2) is 11.9 Å². The lowest BCUT2D eigenvalue weighted by molar-refractivity contribution is 0.0957. The summed E-state index contributed by atoms with van der Waals surface area (Å²) in [5.74, 6) is 0.371. The SMILES string of the molecule is Cc1ccoc1C(=O)N(c1ccc(CN)cc1)C1CC1. The molecule has 1 amide bonds. The standard InChI is InChI=1S/C16H18N2O2/c1-11-8-9-20-15(11)16(19)18(14-6-7-14)13-4-2-12(10-17)3-5-13/h2-5,8-9,14H,6-7,10,17H2,1H3. The quantitative estimate of drug-likeness (QED) is 0.929. The number of amides is 1. The van der Waals surface area contributed by atoms with Gasteiger partial charge in [-0.1, -0.05) is 12.1 Å². The highest BCUT2D eigenvalue weighted by atomic mass is 16.3. The molecule has 104 valence electrons. The lowest BCUT2D eigenvalue weighted by Crippen LogP contribution is -2.33. The highest BCUT2D eigenvalue weighted by Gasteiger charge is 2.35. The van der Waals surface area contributed by atoms with E-state index in [4.69, 9.17) is 10.2 Å². The fourth-order valence-electron chi connectivity index (χ4n) is 2.32. The van der Waals surface area contributed by atoms with Gasteiger partial charge in [0.2, 0.25) is 0 Å². The van der Waals surface area contributed by atoms with Crippen LogP contribution in [0.5, 0.6) is 0 Å². The molecule has 2 aromatic rings. The van der Waals surface area contributed by atoms with Crippen molar-refractivity contribution in [1.82, 2.24) is 0 Å². The van der Waals surface area contributed by atoms with E-state index in [9.17, 15) is 4.79 Å². The predicted molar refractivity (Wildman–Crippen MR) is 77.6 cm³/mol. The normalized spacial score (nSPS) is 14.3. The van der Waals surface area contributed by atoms with Crippen molar-refractivity contribution in [2.45, 2.75) is 32.4 Å². The van der Waals surface area contributed by atoms with Crippen molar-refractivity contribution in [1.29, 1.82) is 0 Å². The van der Waals surface area contributed by atoms with Crippen molar-refractivity contribution in [3.05, 3.63) is 53.5 Å². The number of hydrogen-bond donors (Lipinski definition) is 1. The predicted octanol–water partition coefficient (Wildman–Crippen LogP) is 2.86. The smallest absolute Gasteiger partial charge is 0.294 e. The largest absolute Gasteiger partial charge is 0.459 e. The summed E-state index contributed by atoms with van der Waals surface area (Å²) in [7, 11) is 0. The second-order valence-electron chi connectivity index (χ2n) is 5.21. The minimum absolute atomic E-state index is 0.0597. The average molecular weight is 270 g/mol. The van der Waals surface area contributed by atoms with E-state index in [-0.39, 0.29) is 11.9 Å². The van der Waals surface area contributed by atoms with Gasteiger partial charge in [0.05, 0.1) is 6.26 Å². The Balaban J connectivity index is 1.92. The lowest BCUT2D eigenvalue weighted by Gasteiger charge is -2.22. The van der Waals surface area contributed by atoms with Crippen molar-refractivity contribution >= 4 is 11.6 Å². The van der Waals surface area contributed by atoms with Gasteiger partial charge in [0.1, 0.15) is 0 Å². The van der Waals surface area contributed by atoms with E-state index in [2.05, 4.69) is 0 Å². The molecule has 1 aromatic carbocycles. The molecule has 0 atom stereocenters. The monoisotopic (exact) mass is 270 g/mol. The third-order valence-corrected chi connectivity index (χ3v) is 3.64. The van der Waals surface area contributed by atoms with E-state index in [1.165, 1.54) is 0 Å². The molecule has 4 nitrogen and oxygen atoms in total. The maximum atomic E-state index is 12.7. The van der Waals surface area contributed by atoms with Gasteiger partial charge in [-0.15, -0.1) is 0 Å². The number of carbonyl (C=O) groups excluding carboxylic acids is 1. The second-order valence-corrected chi connectivity index (χ2v) is 5.21. The van der Waals surface area contributed by atoms with Gasteiger partial charge in [-0.3, -0.25) is 4.79 Å². The van der Waals surface area contributed by atoms with Crippen molar-refractivity contribution in [3.8, 4) is 0 Å². The molecular weight excluding hydrogens is 252 g/mol. The number of nitrogens with zero attached hydrogens (tertiary/aromatic N) is 1. The zero-order valence-electron chi connectivity index (χ0n) is 11.5. The van der Waals surface area contributed by atoms with Crippen LogP contribution in [0.2, 0.25) is 0 Å². The molecule has 4 heteroatoms. The van der Waals surface area contributed by atoms with E-state index in [1.807, 2.05) is 42.2 Å². The summed E-state index contributed by atoms with van der Waals surface area (Å²) in [6.45, 7) is 2.40. The second kappa shape index (κ2) is 5.13. The molecular formula is C16H18N2O2. The van der Waals surface area contributed by atoms with Gasteiger partial charge in [0.15, 0.2) is 5.76 Å². The summed E-state index contributed by atoms with van der Waals surface area (Å²) in [5, 5.41) is 0. The maximum absolute atomic E-state index is 12.7. The van der Waals surface area contributed by atoms with Gasteiger partial charge < -0.3 is 15.1 Å². The summed E-state index contributed by atoms with van der Waals surface area (Å²) in [5.41, 5.74) is 8.45. The summed E-state index contributed by atoms with van der Waals surface area (Å²) in [6, 6.07) is 9.94. The molecule has 20 heavy (non-hydrogen) atoms. The molecule has 3 rings (SSSR count). The molecule has 0 radical (unpaired) electrons. The summed E-state index contributed by atoms with van der Waals surface area (Å²) < 4.78 is 5.34. The number of anilines is 1. The topological polar surface area (TPSA) is 59.5 Å². The molecule has 1 aliphatic carbocycles. The van der Waals surface area contributed by atoms with Gasteiger partial charge in [-0.2, -0.15) is 0 Å². The fourth-order valence-corrected chi connectivity index (χ4v) is 2.32. The Morgan fingerprint density at radius 3 is 2.50 bits per heavy atom. The number of carbonyl (C=O) groups is 1. The van der Waals surface area contributed by atoms with Crippen LogP contribution in [0.3, 0.4) is 0 Å². The van der Waals surface area contributed by atoms with Gasteiger partial charge in [0.25, 0.3) is 5.91 Å². The van der Waals surface area contributed by atoms with E-state index in [1.54, 1.807) is 6.26 Å². The molecule has 1 fully saturated rings. The first kappa shape index (κ1) is 12.9. The molecule has 1 aliphatic rings. The molecule has 1 aromatic heterocycles. The van der Waals surface area contributed by atoms with Crippen LogP contribution in [0.25, 0.3) is 0 Å². The molecule has 0 unspecified atom stereocenters. The van der Waals surface area contributed by atoms with Crippen LogP contribution in [0.1, 0.15) is 34.5 Å². The summed E-state index contributed by atoms with van der Waals surface area (Å²) in [4.78, 5) is 14.5. The Morgan fingerprint density at radius 1 is 1.30 bits per heavy atom. The van der Waals surface area contributed by atoms with Crippen LogP contribution < -0.4 is 10.6 Å². The number of hydrogen-bond acceptors (Lipinski definition) is 3. The van der Waals surface area contributed by atoms with Crippen molar-refractivity contribution in [2.24, 2.45) is 5.73 Å². The van der Waals surface area contributed by atoms with Gasteiger partial charge in [-0.25, -0.2) is 0 Å². The van der Waals surface area contributed by atoms with Crippen LogP contribution in [0.15, 0.2) is 41.0 Å². The minimum Gasteiger partial charge on any atom is -0.459 e. The third kappa shape index (κ3) is 2.34. The Morgan fingerprint density at radius 2 is 2.00 bits per heavy atom. The molecule has 2 N–H and O–H groups in total. The molecule has 0 bridgehead atoms. The fraction of sp³-hybridized carbons (Fsp3) is 0.312. The highest BCUT2D eigenvalue weighted by molar-refractivity contribution is 6.05. The third-order valence-electron chi connectivity index (χ3n) is 3.64. The van der Waals surface area contributed by atoms with Gasteiger partial charge in [-0.05, 0) is 43.5 Å². The Bertz CT molecular complexity index is 612. The number of furan rings is 1. The van der Waals surface area contributed by atoms with Crippen molar-refractivity contribution in [3.63, 3.8) is 0 Å². The minimum atomic E-state index is -0.0597. The molecule has 1 heterocycles. The highest BCUT2D eigenvalue weighted by Crippen LogP contribution is 2.33. The first-order valence-corrected chi connectivity index (χ1v) is 6.87. The average Bonchev–Trinajstić information content (AvgIpc) is 3.20. The van der Waals surface area contributed by atoms with E-state index < -0.39 is 0 Å². The molecule has 0 saturated heterocycles. The molecule has 0 spiro atoms. The Hall–Kier alpha value is -2.07. The molecule has 0 aliphatic heterocycles. The number of aryl methyl sites for hydroxylation is 1. The first-order chi connectivity index (χ1) is 9.70. The van der Waals surface area contributed by atoms with Gasteiger partial charge in [0, 0.05) is 23.8 Å². The van der Waals surface area contributed by atoms with Crippen LogP contribution in [0, 0.1) is 6.92 Å². The zero-order chi connectivity index (χ0) is 14.1. The van der Waals surface area contributed by atoms with Gasteiger partial charge >= 0.3 is 0 Å². The Labute approximate surface area is 118 Å². The maximum Gasteiger partial charge on any atom is 0.294 e. The number of benzene rings is 1. The lowest BCUT2D eigenvalue weighted by atomic mass is 10.1. The summed E-state index contributed by atoms with van der Waals surface area (Å²) >= 11 is 0.